The van der Waals surface area contributed by atoms with Gasteiger partial charge in [-0.1, -0.05) is 64.7 Å². The number of aryl methyl sites for hydroxylation is 1. The summed E-state index contributed by atoms with van der Waals surface area (Å²) in [6.07, 6.45) is 19.7. The molecule has 4 heteroatoms. The van der Waals surface area contributed by atoms with Gasteiger partial charge in [0.05, 0.1) is 19.2 Å². The zero-order chi connectivity index (χ0) is 23.3. The van der Waals surface area contributed by atoms with Gasteiger partial charge in [-0.05, 0) is 67.6 Å². The summed E-state index contributed by atoms with van der Waals surface area (Å²) in [5, 5.41) is 5.09. The number of ether oxygens (including phenoxy) is 2. The van der Waals surface area contributed by atoms with Gasteiger partial charge < -0.3 is 14.8 Å². The summed E-state index contributed by atoms with van der Waals surface area (Å²) < 4.78 is 12.0. The SMILES string of the molecule is COc1cc2c3c(c(N[C@H]4CCC[C@H]4C)nc2cc1OCCCCCC1CCCCC1)CCC3. The van der Waals surface area contributed by atoms with Crippen LogP contribution in [0.5, 0.6) is 11.5 Å². The van der Waals surface area contributed by atoms with Gasteiger partial charge in [0.2, 0.25) is 0 Å². The molecule has 1 N–H and O–H groups in total. The Balaban J connectivity index is 1.26. The summed E-state index contributed by atoms with van der Waals surface area (Å²) >= 11 is 0. The lowest BCUT2D eigenvalue weighted by atomic mass is 9.86. The van der Waals surface area contributed by atoms with Gasteiger partial charge in [0.15, 0.2) is 11.5 Å². The maximum absolute atomic E-state index is 6.25. The molecule has 0 bridgehead atoms. The highest BCUT2D eigenvalue weighted by molar-refractivity contribution is 5.89. The number of unbranched alkanes of at least 4 members (excludes halogenated alkanes) is 2. The van der Waals surface area contributed by atoms with E-state index in [1.165, 1.54) is 93.6 Å². The van der Waals surface area contributed by atoms with E-state index in [1.54, 1.807) is 7.11 Å². The van der Waals surface area contributed by atoms with Crippen LogP contribution in [0.4, 0.5) is 5.82 Å². The predicted molar refractivity (Wildman–Crippen MR) is 141 cm³/mol. The molecule has 0 unspecified atom stereocenters. The molecular weight excluding hydrogens is 420 g/mol. The van der Waals surface area contributed by atoms with Gasteiger partial charge in [-0.3, -0.25) is 0 Å². The van der Waals surface area contributed by atoms with E-state index < -0.39 is 0 Å². The van der Waals surface area contributed by atoms with Gasteiger partial charge in [0.1, 0.15) is 5.82 Å². The first kappa shape index (κ1) is 23.8. The zero-order valence-corrected chi connectivity index (χ0v) is 21.5. The summed E-state index contributed by atoms with van der Waals surface area (Å²) in [6.45, 7) is 3.13. The van der Waals surface area contributed by atoms with Crippen molar-refractivity contribution in [3.8, 4) is 11.5 Å². The molecule has 0 radical (unpaired) electrons. The maximum Gasteiger partial charge on any atom is 0.163 e. The number of anilines is 1. The molecule has 3 aliphatic rings. The topological polar surface area (TPSA) is 43.4 Å². The van der Waals surface area contributed by atoms with Crippen LogP contribution in [0.3, 0.4) is 0 Å². The van der Waals surface area contributed by atoms with Gasteiger partial charge >= 0.3 is 0 Å². The molecule has 0 spiro atoms. The van der Waals surface area contributed by atoms with Crippen molar-refractivity contribution in [3.63, 3.8) is 0 Å². The summed E-state index contributed by atoms with van der Waals surface area (Å²) in [7, 11) is 1.75. The quantitative estimate of drug-likeness (QED) is 0.364. The molecule has 34 heavy (non-hydrogen) atoms. The molecular formula is C30H44N2O2. The van der Waals surface area contributed by atoms with Crippen molar-refractivity contribution in [3.05, 3.63) is 23.3 Å². The molecule has 2 aromatic rings. The molecule has 1 heterocycles. The zero-order valence-electron chi connectivity index (χ0n) is 21.5. The second kappa shape index (κ2) is 11.2. The highest BCUT2D eigenvalue weighted by Gasteiger charge is 2.27. The first-order valence-corrected chi connectivity index (χ1v) is 14.2. The first-order chi connectivity index (χ1) is 16.7. The molecule has 1 aromatic carbocycles. The summed E-state index contributed by atoms with van der Waals surface area (Å²) in [6, 6.07) is 4.85. The Morgan fingerprint density at radius 1 is 0.882 bits per heavy atom. The van der Waals surface area contributed by atoms with E-state index in [0.717, 1.165) is 60.5 Å². The Morgan fingerprint density at radius 2 is 1.74 bits per heavy atom. The molecule has 1 aromatic heterocycles. The minimum Gasteiger partial charge on any atom is -0.493 e. The Labute approximate surface area is 206 Å². The van der Waals surface area contributed by atoms with Crippen LogP contribution in [-0.4, -0.2) is 24.7 Å². The van der Waals surface area contributed by atoms with E-state index in [-0.39, 0.29) is 0 Å². The van der Waals surface area contributed by atoms with E-state index in [1.807, 2.05) is 0 Å². The molecule has 4 nitrogen and oxygen atoms in total. The van der Waals surface area contributed by atoms with Crippen molar-refractivity contribution < 1.29 is 9.47 Å². The van der Waals surface area contributed by atoms with Crippen LogP contribution in [0.2, 0.25) is 0 Å². The van der Waals surface area contributed by atoms with E-state index in [9.17, 15) is 0 Å². The van der Waals surface area contributed by atoms with Gasteiger partial charge in [0, 0.05) is 17.5 Å². The molecule has 2 atom stereocenters. The number of benzene rings is 1. The second-order valence-electron chi connectivity index (χ2n) is 11.2. The third-order valence-electron chi connectivity index (χ3n) is 8.77. The Morgan fingerprint density at radius 3 is 2.53 bits per heavy atom. The van der Waals surface area contributed by atoms with Crippen molar-refractivity contribution in [2.45, 2.75) is 109 Å². The monoisotopic (exact) mass is 464 g/mol. The van der Waals surface area contributed by atoms with Crippen molar-refractivity contribution >= 4 is 16.7 Å². The molecule has 3 aliphatic carbocycles. The Hall–Kier alpha value is -1.97. The number of nitrogens with one attached hydrogen (secondary N) is 1. The van der Waals surface area contributed by atoms with Crippen LogP contribution >= 0.6 is 0 Å². The average Bonchev–Trinajstić information content (AvgIpc) is 3.51. The molecule has 0 aliphatic heterocycles. The molecule has 186 valence electrons. The number of rotatable bonds is 10. The van der Waals surface area contributed by atoms with Gasteiger partial charge in [0.25, 0.3) is 0 Å². The highest BCUT2D eigenvalue weighted by atomic mass is 16.5. The fraction of sp³-hybridized carbons (Fsp3) is 0.700. The number of aromatic nitrogens is 1. The van der Waals surface area contributed by atoms with Crippen LogP contribution < -0.4 is 14.8 Å². The largest absolute Gasteiger partial charge is 0.493 e. The predicted octanol–water partition coefficient (Wildman–Crippen LogP) is 7.85. The van der Waals surface area contributed by atoms with Gasteiger partial charge in [-0.2, -0.15) is 0 Å². The number of methoxy groups -OCH3 is 1. The lowest BCUT2D eigenvalue weighted by Gasteiger charge is -2.21. The van der Waals surface area contributed by atoms with E-state index in [0.29, 0.717) is 6.04 Å². The molecule has 2 fully saturated rings. The molecule has 5 rings (SSSR count). The molecule has 2 saturated carbocycles. The Bertz CT molecular complexity index is 966. The third kappa shape index (κ3) is 5.31. The van der Waals surface area contributed by atoms with Gasteiger partial charge in [-0.25, -0.2) is 4.98 Å². The molecule has 0 saturated heterocycles. The summed E-state index contributed by atoms with van der Waals surface area (Å²) in [5.41, 5.74) is 3.94. The fourth-order valence-electron chi connectivity index (χ4n) is 6.67. The van der Waals surface area contributed by atoms with Crippen LogP contribution in [0.15, 0.2) is 12.1 Å². The average molecular weight is 465 g/mol. The lowest BCUT2D eigenvalue weighted by molar-refractivity contribution is 0.279. The van der Waals surface area contributed by atoms with Crippen molar-refractivity contribution in [1.29, 1.82) is 0 Å². The van der Waals surface area contributed by atoms with Crippen LogP contribution in [0.1, 0.15) is 102 Å². The normalized spacial score (nSPS) is 22.8. The minimum atomic E-state index is 0.553. The lowest BCUT2D eigenvalue weighted by Crippen LogP contribution is -2.23. The summed E-state index contributed by atoms with van der Waals surface area (Å²) in [5.74, 6) is 4.52. The van der Waals surface area contributed by atoms with E-state index in [4.69, 9.17) is 14.5 Å². The maximum atomic E-state index is 6.25. The fourth-order valence-corrected chi connectivity index (χ4v) is 6.67. The minimum absolute atomic E-state index is 0.553. The van der Waals surface area contributed by atoms with Gasteiger partial charge in [-0.15, -0.1) is 0 Å². The van der Waals surface area contributed by atoms with E-state index in [2.05, 4.69) is 24.4 Å². The van der Waals surface area contributed by atoms with Crippen molar-refractivity contribution in [1.82, 2.24) is 4.98 Å². The van der Waals surface area contributed by atoms with Crippen molar-refractivity contribution in [2.24, 2.45) is 11.8 Å². The van der Waals surface area contributed by atoms with Crippen LogP contribution in [-0.2, 0) is 12.8 Å². The second-order valence-corrected chi connectivity index (χ2v) is 11.2. The molecule has 0 amide bonds. The number of pyridine rings is 1. The first-order valence-electron chi connectivity index (χ1n) is 14.2. The Kier molecular flexibility index (Phi) is 7.81. The van der Waals surface area contributed by atoms with Crippen LogP contribution in [0, 0.1) is 11.8 Å². The third-order valence-corrected chi connectivity index (χ3v) is 8.77. The van der Waals surface area contributed by atoms with Crippen molar-refractivity contribution in [2.75, 3.05) is 19.0 Å². The van der Waals surface area contributed by atoms with E-state index >= 15 is 0 Å². The number of hydrogen-bond acceptors (Lipinski definition) is 4. The number of hydrogen-bond donors (Lipinski definition) is 1. The summed E-state index contributed by atoms with van der Waals surface area (Å²) in [4.78, 5) is 5.14. The standard InChI is InChI=1S/C30H44N2O2/c1-21-11-9-17-26(21)31-30-24-16-10-15-23(24)25-19-28(33-2)29(20-27(25)32-30)34-18-8-4-7-14-22-12-5-3-6-13-22/h19-22,26H,3-18H2,1-2H3,(H,31,32)/t21-,26+/m1/s1. The smallest absolute Gasteiger partial charge is 0.163 e. The number of fused-ring (bicyclic) bond motifs is 3. The van der Waals surface area contributed by atoms with Crippen LogP contribution in [0.25, 0.3) is 10.9 Å². The number of nitrogens with zero attached hydrogens (tertiary/aromatic N) is 1. The highest BCUT2D eigenvalue weighted by Crippen LogP contribution is 2.40.